The molecule has 0 radical (unpaired) electrons. The number of rotatable bonds is 15. The van der Waals surface area contributed by atoms with E-state index in [1.54, 1.807) is 0 Å². The average Bonchev–Trinajstić information content (AvgIpc) is 2.82. The van der Waals surface area contributed by atoms with Crippen LogP contribution in [0.2, 0.25) is 0 Å². The van der Waals surface area contributed by atoms with Gasteiger partial charge in [0, 0.05) is 25.6 Å². The molecule has 3 amide bonds. The highest BCUT2D eigenvalue weighted by atomic mass is 16.4. The van der Waals surface area contributed by atoms with Gasteiger partial charge in [0.25, 0.3) is 0 Å². The Labute approximate surface area is 200 Å². The van der Waals surface area contributed by atoms with E-state index in [2.05, 4.69) is 40.2 Å². The van der Waals surface area contributed by atoms with E-state index in [9.17, 15) is 14.4 Å². The van der Waals surface area contributed by atoms with Gasteiger partial charge in [-0.3, -0.25) is 4.79 Å². The molecule has 0 bridgehead atoms. The number of benzene rings is 2. The Morgan fingerprint density at radius 1 is 0.735 bits per heavy atom. The van der Waals surface area contributed by atoms with Crippen molar-refractivity contribution >= 4 is 18.1 Å². The summed E-state index contributed by atoms with van der Waals surface area (Å²) in [7, 11) is 0. The second kappa shape index (κ2) is 15.3. The lowest BCUT2D eigenvalue weighted by Gasteiger charge is -2.20. The monoisotopic (exact) mass is 469 g/mol. The fraction of sp³-hybridized carbons (Fsp3) is 0.423. The number of carbonyl (C=O) groups is 3. The number of aryl methyl sites for hydroxylation is 2. The number of amides is 3. The number of carboxylic acid groups (broad SMARTS) is 2. The molecule has 2 rings (SSSR count). The summed E-state index contributed by atoms with van der Waals surface area (Å²) in [6, 6.07) is 19.9. The molecular formula is C26H35N3O5. The highest BCUT2D eigenvalue weighted by Crippen LogP contribution is 2.20. The first-order chi connectivity index (χ1) is 16.4. The fourth-order valence-electron chi connectivity index (χ4n) is 3.89. The maximum Gasteiger partial charge on any atom is 0.404 e. The lowest BCUT2D eigenvalue weighted by Crippen LogP contribution is -2.43. The van der Waals surface area contributed by atoms with Gasteiger partial charge in [-0.25, -0.2) is 9.59 Å². The summed E-state index contributed by atoms with van der Waals surface area (Å²) in [5.74, 6) is 0.0954. The van der Waals surface area contributed by atoms with Gasteiger partial charge >= 0.3 is 12.2 Å². The molecule has 0 fully saturated rings. The zero-order chi connectivity index (χ0) is 24.6. The van der Waals surface area contributed by atoms with Gasteiger partial charge in [0.1, 0.15) is 0 Å². The third kappa shape index (κ3) is 11.9. The van der Waals surface area contributed by atoms with Gasteiger partial charge < -0.3 is 26.2 Å². The minimum absolute atomic E-state index is 0.105. The van der Waals surface area contributed by atoms with Crippen molar-refractivity contribution in [1.29, 1.82) is 0 Å². The van der Waals surface area contributed by atoms with Crippen LogP contribution in [0.1, 0.15) is 43.2 Å². The van der Waals surface area contributed by atoms with Crippen LogP contribution >= 0.6 is 0 Å². The molecule has 1 atom stereocenters. The van der Waals surface area contributed by atoms with Gasteiger partial charge in [-0.15, -0.1) is 0 Å². The van der Waals surface area contributed by atoms with Crippen LogP contribution in [0.15, 0.2) is 60.7 Å². The summed E-state index contributed by atoms with van der Waals surface area (Å²) in [6.07, 6.45) is 2.54. The maximum absolute atomic E-state index is 12.7. The molecule has 2 aromatic carbocycles. The largest absolute Gasteiger partial charge is 0.465 e. The van der Waals surface area contributed by atoms with E-state index in [1.165, 1.54) is 11.1 Å². The Kier molecular flexibility index (Phi) is 12.0. The van der Waals surface area contributed by atoms with Gasteiger partial charge in [-0.2, -0.15) is 0 Å². The summed E-state index contributed by atoms with van der Waals surface area (Å²) in [5.41, 5.74) is 2.49. The molecule has 184 valence electrons. The minimum atomic E-state index is -1.17. The van der Waals surface area contributed by atoms with Gasteiger partial charge in [-0.05, 0) is 55.6 Å². The molecule has 0 unspecified atom stereocenters. The van der Waals surface area contributed by atoms with Crippen molar-refractivity contribution in [3.63, 3.8) is 0 Å². The first kappa shape index (κ1) is 26.7. The standard InChI is InChI=1S/C26H35N3O5/c30-24(28-19-23(29-26(33)34)12-7-17-27-25(31)32)18-22(15-13-20-8-3-1-4-9-20)16-14-21-10-5-2-6-11-21/h1-6,8-11,22-23,27,29H,7,12-19H2,(H,28,30)(H,31,32)(H,33,34)/t23-/m0/s1. The van der Waals surface area contributed by atoms with Crippen LogP contribution in [0.5, 0.6) is 0 Å². The molecule has 0 heterocycles. The van der Waals surface area contributed by atoms with Gasteiger partial charge in [0.15, 0.2) is 0 Å². The lowest BCUT2D eigenvalue weighted by atomic mass is 9.90. The lowest BCUT2D eigenvalue weighted by molar-refractivity contribution is -0.122. The summed E-state index contributed by atoms with van der Waals surface area (Å²) in [5, 5.41) is 25.2. The number of nitrogens with one attached hydrogen (secondary N) is 3. The van der Waals surface area contributed by atoms with Gasteiger partial charge in [0.05, 0.1) is 0 Å². The zero-order valence-electron chi connectivity index (χ0n) is 19.4. The summed E-state index contributed by atoms with van der Waals surface area (Å²) in [4.78, 5) is 34.3. The van der Waals surface area contributed by atoms with Gasteiger partial charge in [0.2, 0.25) is 5.91 Å². The van der Waals surface area contributed by atoms with Crippen molar-refractivity contribution in [2.24, 2.45) is 5.92 Å². The summed E-state index contributed by atoms with van der Waals surface area (Å²) in [6.45, 7) is 0.393. The number of hydrogen-bond donors (Lipinski definition) is 5. The first-order valence-corrected chi connectivity index (χ1v) is 11.7. The van der Waals surface area contributed by atoms with Crippen LogP contribution in [0.4, 0.5) is 9.59 Å². The number of hydrogen-bond acceptors (Lipinski definition) is 3. The molecule has 0 saturated heterocycles. The third-order valence-electron chi connectivity index (χ3n) is 5.72. The molecule has 0 aromatic heterocycles. The van der Waals surface area contributed by atoms with E-state index < -0.39 is 18.2 Å². The van der Waals surface area contributed by atoms with Crippen LogP contribution < -0.4 is 16.0 Å². The second-order valence-corrected chi connectivity index (χ2v) is 8.44. The quantitative estimate of drug-likeness (QED) is 0.251. The smallest absolute Gasteiger partial charge is 0.404 e. The van der Waals surface area contributed by atoms with Crippen LogP contribution in [0, 0.1) is 5.92 Å². The maximum atomic E-state index is 12.7. The Morgan fingerprint density at radius 2 is 1.29 bits per heavy atom. The predicted molar refractivity (Wildman–Crippen MR) is 131 cm³/mol. The molecule has 5 N–H and O–H groups in total. The average molecular weight is 470 g/mol. The topological polar surface area (TPSA) is 128 Å². The fourth-order valence-corrected chi connectivity index (χ4v) is 3.89. The van der Waals surface area contributed by atoms with Crippen molar-refractivity contribution < 1.29 is 24.6 Å². The van der Waals surface area contributed by atoms with Crippen LogP contribution in [0.3, 0.4) is 0 Å². The molecule has 34 heavy (non-hydrogen) atoms. The molecule has 0 spiro atoms. The predicted octanol–water partition coefficient (Wildman–Crippen LogP) is 4.06. The van der Waals surface area contributed by atoms with E-state index in [-0.39, 0.29) is 24.9 Å². The highest BCUT2D eigenvalue weighted by Gasteiger charge is 2.17. The summed E-state index contributed by atoms with van der Waals surface area (Å²) >= 11 is 0. The minimum Gasteiger partial charge on any atom is -0.465 e. The van der Waals surface area contributed by atoms with Crippen molar-refractivity contribution in [2.45, 2.75) is 51.0 Å². The van der Waals surface area contributed by atoms with Crippen molar-refractivity contribution in [1.82, 2.24) is 16.0 Å². The molecule has 2 aromatic rings. The molecular weight excluding hydrogens is 434 g/mol. The SMILES string of the molecule is O=C(O)NCCC[C@@H](CNC(=O)CC(CCc1ccccc1)CCc1ccccc1)NC(=O)O. The molecule has 8 nitrogen and oxygen atoms in total. The molecule has 0 aliphatic rings. The second-order valence-electron chi connectivity index (χ2n) is 8.44. The van der Waals surface area contributed by atoms with E-state index in [0.29, 0.717) is 19.3 Å². The van der Waals surface area contributed by atoms with Crippen molar-refractivity contribution in [2.75, 3.05) is 13.1 Å². The van der Waals surface area contributed by atoms with E-state index in [1.807, 2.05) is 36.4 Å². The first-order valence-electron chi connectivity index (χ1n) is 11.7. The molecule has 8 heteroatoms. The molecule has 0 saturated carbocycles. The van der Waals surface area contributed by atoms with E-state index >= 15 is 0 Å². The van der Waals surface area contributed by atoms with Crippen LogP contribution in [-0.2, 0) is 17.6 Å². The van der Waals surface area contributed by atoms with Crippen molar-refractivity contribution in [3.8, 4) is 0 Å². The van der Waals surface area contributed by atoms with Crippen molar-refractivity contribution in [3.05, 3.63) is 71.8 Å². The Morgan fingerprint density at radius 3 is 1.79 bits per heavy atom. The summed E-state index contributed by atoms with van der Waals surface area (Å²) < 4.78 is 0. The highest BCUT2D eigenvalue weighted by molar-refractivity contribution is 5.76. The van der Waals surface area contributed by atoms with E-state index in [4.69, 9.17) is 10.2 Å². The van der Waals surface area contributed by atoms with Gasteiger partial charge in [-0.1, -0.05) is 60.7 Å². The Hall–Kier alpha value is -3.55. The van der Waals surface area contributed by atoms with Crippen LogP contribution in [0.25, 0.3) is 0 Å². The van der Waals surface area contributed by atoms with Crippen LogP contribution in [-0.4, -0.2) is 47.4 Å². The Balaban J connectivity index is 1.87. The molecule has 0 aliphatic carbocycles. The van der Waals surface area contributed by atoms with E-state index in [0.717, 1.165) is 25.7 Å². The third-order valence-corrected chi connectivity index (χ3v) is 5.72. The Bertz CT molecular complexity index is 833. The number of carbonyl (C=O) groups excluding carboxylic acids is 1. The molecule has 0 aliphatic heterocycles. The normalized spacial score (nSPS) is 11.6. The zero-order valence-corrected chi connectivity index (χ0v) is 19.4.